The van der Waals surface area contributed by atoms with E-state index in [0.717, 1.165) is 41.9 Å². The third-order valence-electron chi connectivity index (χ3n) is 3.49. The van der Waals surface area contributed by atoms with Crippen LogP contribution in [-0.2, 0) is 13.0 Å². The van der Waals surface area contributed by atoms with Crippen molar-refractivity contribution in [3.8, 4) is 16.9 Å². The van der Waals surface area contributed by atoms with Crippen molar-refractivity contribution in [3.63, 3.8) is 0 Å². The molecule has 0 aromatic heterocycles. The predicted molar refractivity (Wildman–Crippen MR) is 73.5 cm³/mol. The van der Waals surface area contributed by atoms with E-state index in [2.05, 4.69) is 0 Å². The SMILES string of the molecule is NCc1ccc(-c2ccc3c(c2)CCCO3)c(F)c1. The molecule has 0 radical (unpaired) electrons. The molecule has 1 heterocycles. The minimum absolute atomic E-state index is 0.223. The van der Waals surface area contributed by atoms with Crippen molar-refractivity contribution in [1.82, 2.24) is 0 Å². The fraction of sp³-hybridized carbons (Fsp3) is 0.250. The number of fused-ring (bicyclic) bond motifs is 1. The maximum absolute atomic E-state index is 14.1. The van der Waals surface area contributed by atoms with Gasteiger partial charge in [0, 0.05) is 12.1 Å². The molecule has 1 aliphatic heterocycles. The molecule has 0 aliphatic carbocycles. The van der Waals surface area contributed by atoms with Crippen molar-refractivity contribution >= 4 is 0 Å². The molecule has 2 aromatic carbocycles. The molecule has 0 atom stereocenters. The summed E-state index contributed by atoms with van der Waals surface area (Å²) < 4.78 is 19.6. The van der Waals surface area contributed by atoms with Gasteiger partial charge in [-0.1, -0.05) is 18.2 Å². The highest BCUT2D eigenvalue weighted by Gasteiger charge is 2.13. The van der Waals surface area contributed by atoms with Crippen LogP contribution in [0.5, 0.6) is 5.75 Å². The van der Waals surface area contributed by atoms with Crippen LogP contribution in [0.15, 0.2) is 36.4 Å². The second-order valence-electron chi connectivity index (χ2n) is 4.79. The topological polar surface area (TPSA) is 35.2 Å². The molecule has 1 aliphatic rings. The van der Waals surface area contributed by atoms with Crippen LogP contribution in [0.4, 0.5) is 4.39 Å². The Balaban J connectivity index is 2.02. The lowest BCUT2D eigenvalue weighted by Gasteiger charge is -2.18. The first-order valence-electron chi connectivity index (χ1n) is 6.52. The second kappa shape index (κ2) is 5.02. The summed E-state index contributed by atoms with van der Waals surface area (Å²) in [6.07, 6.45) is 2.01. The van der Waals surface area contributed by atoms with Crippen molar-refractivity contribution in [2.24, 2.45) is 5.73 Å². The average Bonchev–Trinajstić information content (AvgIpc) is 2.46. The number of ether oxygens (including phenoxy) is 1. The van der Waals surface area contributed by atoms with Gasteiger partial charge in [-0.15, -0.1) is 0 Å². The first kappa shape index (κ1) is 12.2. The van der Waals surface area contributed by atoms with Crippen molar-refractivity contribution in [2.75, 3.05) is 6.61 Å². The van der Waals surface area contributed by atoms with Gasteiger partial charge in [-0.2, -0.15) is 0 Å². The Bertz CT molecular complexity index is 610. The third kappa shape index (κ3) is 2.34. The Morgan fingerprint density at radius 2 is 2.05 bits per heavy atom. The van der Waals surface area contributed by atoms with Crippen LogP contribution >= 0.6 is 0 Å². The molecule has 98 valence electrons. The zero-order chi connectivity index (χ0) is 13.2. The quantitative estimate of drug-likeness (QED) is 0.896. The second-order valence-corrected chi connectivity index (χ2v) is 4.79. The van der Waals surface area contributed by atoms with E-state index >= 15 is 0 Å². The number of aryl methyl sites for hydroxylation is 1. The van der Waals surface area contributed by atoms with Gasteiger partial charge in [0.05, 0.1) is 6.61 Å². The van der Waals surface area contributed by atoms with Crippen molar-refractivity contribution in [2.45, 2.75) is 19.4 Å². The van der Waals surface area contributed by atoms with Gasteiger partial charge in [-0.05, 0) is 47.7 Å². The van der Waals surface area contributed by atoms with Crippen LogP contribution in [0.2, 0.25) is 0 Å². The molecule has 2 aromatic rings. The Hall–Kier alpha value is -1.87. The van der Waals surface area contributed by atoms with E-state index in [9.17, 15) is 4.39 Å². The lowest BCUT2D eigenvalue weighted by Crippen LogP contribution is -2.08. The number of hydrogen-bond donors (Lipinski definition) is 1. The number of benzene rings is 2. The molecular weight excluding hydrogens is 241 g/mol. The summed E-state index contributed by atoms with van der Waals surface area (Å²) >= 11 is 0. The van der Waals surface area contributed by atoms with E-state index in [1.165, 1.54) is 6.07 Å². The predicted octanol–water partition coefficient (Wildman–Crippen LogP) is 3.28. The summed E-state index contributed by atoms with van der Waals surface area (Å²) in [6, 6.07) is 11.0. The zero-order valence-electron chi connectivity index (χ0n) is 10.7. The van der Waals surface area contributed by atoms with Crippen LogP contribution in [0.25, 0.3) is 11.1 Å². The molecule has 3 rings (SSSR count). The number of hydrogen-bond acceptors (Lipinski definition) is 2. The smallest absolute Gasteiger partial charge is 0.131 e. The van der Waals surface area contributed by atoms with Crippen molar-refractivity contribution in [3.05, 3.63) is 53.3 Å². The van der Waals surface area contributed by atoms with Gasteiger partial charge in [-0.3, -0.25) is 0 Å². The van der Waals surface area contributed by atoms with Crippen LogP contribution < -0.4 is 10.5 Å². The lowest BCUT2D eigenvalue weighted by molar-refractivity contribution is 0.288. The van der Waals surface area contributed by atoms with Gasteiger partial charge in [0.25, 0.3) is 0 Å². The van der Waals surface area contributed by atoms with Crippen LogP contribution in [0.1, 0.15) is 17.5 Å². The first-order chi connectivity index (χ1) is 9.28. The Morgan fingerprint density at radius 1 is 1.16 bits per heavy atom. The molecule has 0 fully saturated rings. The summed E-state index contributed by atoms with van der Waals surface area (Å²) in [5, 5.41) is 0. The minimum atomic E-state index is -0.223. The van der Waals surface area contributed by atoms with Gasteiger partial charge in [0.15, 0.2) is 0 Å². The van der Waals surface area contributed by atoms with E-state index < -0.39 is 0 Å². The number of halogens is 1. The minimum Gasteiger partial charge on any atom is -0.493 e. The molecule has 0 spiro atoms. The summed E-state index contributed by atoms with van der Waals surface area (Å²) in [7, 11) is 0. The monoisotopic (exact) mass is 257 g/mol. The maximum Gasteiger partial charge on any atom is 0.131 e. The molecule has 2 nitrogen and oxygen atoms in total. The van der Waals surface area contributed by atoms with Gasteiger partial charge in [0.2, 0.25) is 0 Å². The molecule has 2 N–H and O–H groups in total. The molecule has 3 heteroatoms. The average molecular weight is 257 g/mol. The molecule has 0 saturated carbocycles. The lowest BCUT2D eigenvalue weighted by atomic mass is 9.98. The molecule has 0 bridgehead atoms. The molecular formula is C16H16FNO. The van der Waals surface area contributed by atoms with Crippen molar-refractivity contribution < 1.29 is 9.13 Å². The summed E-state index contributed by atoms with van der Waals surface area (Å²) in [5.74, 6) is 0.702. The zero-order valence-corrected chi connectivity index (χ0v) is 10.7. The maximum atomic E-state index is 14.1. The van der Waals surface area contributed by atoms with Gasteiger partial charge in [-0.25, -0.2) is 4.39 Å². The standard InChI is InChI=1S/C16H16FNO/c17-15-8-11(10-18)3-5-14(15)12-4-6-16-13(9-12)2-1-7-19-16/h3-6,8-9H,1-2,7,10,18H2. The van der Waals surface area contributed by atoms with E-state index in [1.54, 1.807) is 6.07 Å². The van der Waals surface area contributed by atoms with E-state index in [-0.39, 0.29) is 5.82 Å². The van der Waals surface area contributed by atoms with Crippen molar-refractivity contribution in [1.29, 1.82) is 0 Å². The molecule has 19 heavy (non-hydrogen) atoms. The van der Waals surface area contributed by atoms with Gasteiger partial charge >= 0.3 is 0 Å². The third-order valence-corrected chi connectivity index (χ3v) is 3.49. The highest BCUT2D eigenvalue weighted by molar-refractivity contribution is 5.67. The number of nitrogens with two attached hydrogens (primary N) is 1. The number of rotatable bonds is 2. The van der Waals surface area contributed by atoms with E-state index in [4.69, 9.17) is 10.5 Å². The Kier molecular flexibility index (Phi) is 3.22. The van der Waals surface area contributed by atoms with E-state index in [1.807, 2.05) is 24.3 Å². The highest BCUT2D eigenvalue weighted by atomic mass is 19.1. The molecule has 0 unspecified atom stereocenters. The Morgan fingerprint density at radius 3 is 2.84 bits per heavy atom. The summed E-state index contributed by atoms with van der Waals surface area (Å²) in [6.45, 7) is 1.13. The first-order valence-corrected chi connectivity index (χ1v) is 6.52. The molecule has 0 saturated heterocycles. The largest absolute Gasteiger partial charge is 0.493 e. The summed E-state index contributed by atoms with van der Waals surface area (Å²) in [5.41, 5.74) is 8.99. The fourth-order valence-corrected chi connectivity index (χ4v) is 2.45. The van der Waals surface area contributed by atoms with Crippen LogP contribution in [-0.4, -0.2) is 6.61 Å². The fourth-order valence-electron chi connectivity index (χ4n) is 2.45. The van der Waals surface area contributed by atoms with E-state index in [0.29, 0.717) is 12.1 Å². The molecule has 0 amide bonds. The normalized spacial score (nSPS) is 13.8. The summed E-state index contributed by atoms with van der Waals surface area (Å²) in [4.78, 5) is 0. The van der Waals surface area contributed by atoms with Gasteiger partial charge in [0.1, 0.15) is 11.6 Å². The van der Waals surface area contributed by atoms with Crippen LogP contribution in [0, 0.1) is 5.82 Å². The van der Waals surface area contributed by atoms with Gasteiger partial charge < -0.3 is 10.5 Å². The Labute approximate surface area is 112 Å². The van der Waals surface area contributed by atoms with Crippen LogP contribution in [0.3, 0.4) is 0 Å². The highest BCUT2D eigenvalue weighted by Crippen LogP contribution is 2.31.